The number of sulfonamides is 1. The second-order valence-electron chi connectivity index (χ2n) is 5.96. The first-order chi connectivity index (χ1) is 11.4. The Balaban J connectivity index is 1.76. The van der Waals surface area contributed by atoms with Crippen LogP contribution in [0.5, 0.6) is 0 Å². The molecule has 2 heterocycles. The number of carbonyl (C=O) groups is 1. The summed E-state index contributed by atoms with van der Waals surface area (Å²) in [4.78, 5) is 27.7. The number of carbonyl (C=O) groups excluding carboxylic acids is 1. The number of hydrogen-bond donors (Lipinski definition) is 2. The van der Waals surface area contributed by atoms with Gasteiger partial charge in [0.15, 0.2) is 0 Å². The molecular weight excluding hydrogens is 330 g/mol. The molecule has 7 nitrogen and oxygen atoms in total. The number of H-pyrrole nitrogens is 1. The number of rotatable bonds is 4. The van der Waals surface area contributed by atoms with Gasteiger partial charge in [-0.3, -0.25) is 9.59 Å². The van der Waals surface area contributed by atoms with Crippen LogP contribution >= 0.6 is 0 Å². The van der Waals surface area contributed by atoms with Crippen molar-refractivity contribution >= 4 is 26.8 Å². The Morgan fingerprint density at radius 1 is 1.38 bits per heavy atom. The van der Waals surface area contributed by atoms with Crippen LogP contribution in [0, 0.1) is 0 Å². The van der Waals surface area contributed by atoms with E-state index in [4.69, 9.17) is 0 Å². The number of nitrogens with zero attached hydrogens (tertiary/aromatic N) is 1. The van der Waals surface area contributed by atoms with E-state index < -0.39 is 15.9 Å². The van der Waals surface area contributed by atoms with Crippen LogP contribution in [0.3, 0.4) is 0 Å². The maximum Gasteiger partial charge on any atom is 0.256 e. The lowest BCUT2D eigenvalue weighted by Crippen LogP contribution is -2.43. The minimum atomic E-state index is -3.29. The lowest BCUT2D eigenvalue weighted by atomic mass is 10.1. The van der Waals surface area contributed by atoms with Gasteiger partial charge < -0.3 is 10.3 Å². The van der Waals surface area contributed by atoms with Gasteiger partial charge in [0.25, 0.3) is 5.91 Å². The Kier molecular flexibility index (Phi) is 4.42. The third kappa shape index (κ3) is 3.20. The fraction of sp³-hybridized carbons (Fsp3) is 0.375. The molecule has 0 radical (unpaired) electrons. The second-order valence-corrected chi connectivity index (χ2v) is 7.89. The van der Waals surface area contributed by atoms with Gasteiger partial charge in [0.2, 0.25) is 15.5 Å². The van der Waals surface area contributed by atoms with Gasteiger partial charge in [-0.15, -0.1) is 0 Å². The molecule has 24 heavy (non-hydrogen) atoms. The molecule has 0 spiro atoms. The first-order valence-corrected chi connectivity index (χ1v) is 9.58. The predicted octanol–water partition coefficient (Wildman–Crippen LogP) is 0.682. The molecule has 8 heteroatoms. The standard InChI is InChI=1S/C16H19N3O4S/c1-24(22,23)19-8-4-5-11(19)9-18-16(21)13-10-17-14-7-3-2-6-12(14)15(13)20/h2-3,6-7,10-11H,4-5,8-9H2,1H3,(H,17,20)(H,18,21)/t11-/m1/s1. The molecule has 0 aliphatic carbocycles. The number of nitrogens with one attached hydrogen (secondary N) is 2. The molecule has 1 aromatic heterocycles. The highest BCUT2D eigenvalue weighted by molar-refractivity contribution is 7.88. The van der Waals surface area contributed by atoms with Crippen molar-refractivity contribution < 1.29 is 13.2 Å². The van der Waals surface area contributed by atoms with Crippen molar-refractivity contribution in [2.75, 3.05) is 19.3 Å². The van der Waals surface area contributed by atoms with E-state index in [2.05, 4.69) is 10.3 Å². The molecule has 1 aromatic carbocycles. The van der Waals surface area contributed by atoms with E-state index in [1.165, 1.54) is 16.8 Å². The topological polar surface area (TPSA) is 99.3 Å². The van der Waals surface area contributed by atoms with Crippen LogP contribution in [0.25, 0.3) is 10.9 Å². The van der Waals surface area contributed by atoms with Gasteiger partial charge in [0, 0.05) is 36.2 Å². The zero-order valence-electron chi connectivity index (χ0n) is 13.3. The molecule has 2 aromatic rings. The number of aromatic nitrogens is 1. The molecule has 128 valence electrons. The van der Waals surface area contributed by atoms with E-state index in [1.54, 1.807) is 24.3 Å². The third-order valence-corrected chi connectivity index (χ3v) is 5.61. The van der Waals surface area contributed by atoms with Crippen molar-refractivity contribution in [3.05, 3.63) is 46.2 Å². The monoisotopic (exact) mass is 349 g/mol. The molecule has 0 unspecified atom stereocenters. The molecule has 1 saturated heterocycles. The second kappa shape index (κ2) is 6.37. The number of amides is 1. The average Bonchev–Trinajstić information content (AvgIpc) is 3.02. The SMILES string of the molecule is CS(=O)(=O)N1CCC[C@@H]1CNC(=O)c1c[nH]c2ccccc2c1=O. The lowest BCUT2D eigenvalue weighted by Gasteiger charge is -2.22. The van der Waals surface area contributed by atoms with E-state index in [1.807, 2.05) is 0 Å². The third-order valence-electron chi connectivity index (χ3n) is 4.28. The summed E-state index contributed by atoms with van der Waals surface area (Å²) in [5.74, 6) is -0.498. The fourth-order valence-electron chi connectivity index (χ4n) is 3.09. The zero-order valence-corrected chi connectivity index (χ0v) is 14.1. The highest BCUT2D eigenvalue weighted by Gasteiger charge is 2.31. The number of benzene rings is 1. The molecule has 2 N–H and O–H groups in total. The molecule has 1 aliphatic heterocycles. The number of hydrogen-bond acceptors (Lipinski definition) is 4. The quantitative estimate of drug-likeness (QED) is 0.848. The first kappa shape index (κ1) is 16.7. The maximum atomic E-state index is 12.4. The Labute approximate surface area is 139 Å². The summed E-state index contributed by atoms with van der Waals surface area (Å²) >= 11 is 0. The van der Waals surface area contributed by atoms with Crippen molar-refractivity contribution in [2.45, 2.75) is 18.9 Å². The van der Waals surface area contributed by atoms with Crippen molar-refractivity contribution in [1.29, 1.82) is 0 Å². The van der Waals surface area contributed by atoms with Crippen LogP contribution in [-0.2, 0) is 10.0 Å². The van der Waals surface area contributed by atoms with Crippen molar-refractivity contribution in [3.63, 3.8) is 0 Å². The molecule has 1 aliphatic rings. The van der Waals surface area contributed by atoms with Crippen LogP contribution in [0.1, 0.15) is 23.2 Å². The van der Waals surface area contributed by atoms with Gasteiger partial charge in [-0.25, -0.2) is 8.42 Å². The van der Waals surface area contributed by atoms with Gasteiger partial charge in [-0.1, -0.05) is 12.1 Å². The van der Waals surface area contributed by atoms with Gasteiger partial charge in [-0.05, 0) is 25.0 Å². The van der Waals surface area contributed by atoms with Gasteiger partial charge in [-0.2, -0.15) is 4.31 Å². The largest absolute Gasteiger partial charge is 0.360 e. The summed E-state index contributed by atoms with van der Waals surface area (Å²) in [5, 5.41) is 3.13. The normalized spacial score (nSPS) is 18.8. The minimum Gasteiger partial charge on any atom is -0.360 e. The molecule has 1 fully saturated rings. The van der Waals surface area contributed by atoms with Gasteiger partial charge in [0.1, 0.15) is 5.56 Å². The highest BCUT2D eigenvalue weighted by Crippen LogP contribution is 2.19. The van der Waals surface area contributed by atoms with E-state index in [9.17, 15) is 18.0 Å². The van der Waals surface area contributed by atoms with Crippen LogP contribution in [0.2, 0.25) is 0 Å². The molecule has 0 saturated carbocycles. The Hall–Kier alpha value is -2.19. The first-order valence-electron chi connectivity index (χ1n) is 7.73. The van der Waals surface area contributed by atoms with E-state index >= 15 is 0 Å². The molecule has 1 atom stereocenters. The molecule has 3 rings (SSSR count). The van der Waals surface area contributed by atoms with E-state index in [-0.39, 0.29) is 23.6 Å². The van der Waals surface area contributed by atoms with Crippen molar-refractivity contribution in [1.82, 2.24) is 14.6 Å². The average molecular weight is 349 g/mol. The highest BCUT2D eigenvalue weighted by atomic mass is 32.2. The van der Waals surface area contributed by atoms with Crippen LogP contribution in [-0.4, -0.2) is 49.0 Å². The summed E-state index contributed by atoms with van der Waals surface area (Å²) in [6.45, 7) is 0.661. The number of para-hydroxylation sites is 1. The van der Waals surface area contributed by atoms with E-state index in [0.717, 1.165) is 6.42 Å². The summed E-state index contributed by atoms with van der Waals surface area (Å²) < 4.78 is 24.8. The van der Waals surface area contributed by atoms with Crippen molar-refractivity contribution in [3.8, 4) is 0 Å². The molecular formula is C16H19N3O4S. The lowest BCUT2D eigenvalue weighted by molar-refractivity contribution is 0.0945. The summed E-state index contributed by atoms with van der Waals surface area (Å²) in [6, 6.07) is 6.71. The van der Waals surface area contributed by atoms with Gasteiger partial charge >= 0.3 is 0 Å². The minimum absolute atomic E-state index is 0.0256. The smallest absolute Gasteiger partial charge is 0.256 e. The van der Waals surface area contributed by atoms with Crippen LogP contribution < -0.4 is 10.7 Å². The molecule has 0 bridgehead atoms. The molecule has 1 amide bonds. The summed E-state index contributed by atoms with van der Waals surface area (Å²) in [7, 11) is -3.29. The van der Waals surface area contributed by atoms with Crippen LogP contribution in [0.15, 0.2) is 35.3 Å². The van der Waals surface area contributed by atoms with E-state index in [0.29, 0.717) is 23.9 Å². The number of fused-ring (bicyclic) bond motifs is 1. The van der Waals surface area contributed by atoms with Crippen molar-refractivity contribution in [2.24, 2.45) is 0 Å². The Bertz CT molecular complexity index is 936. The number of aromatic amines is 1. The summed E-state index contributed by atoms with van der Waals surface area (Å²) in [6.07, 6.45) is 4.02. The van der Waals surface area contributed by atoms with Crippen LogP contribution in [0.4, 0.5) is 0 Å². The van der Waals surface area contributed by atoms with Gasteiger partial charge in [0.05, 0.1) is 6.26 Å². The maximum absolute atomic E-state index is 12.4. The number of pyridine rings is 1. The Morgan fingerprint density at radius 2 is 2.12 bits per heavy atom. The zero-order chi connectivity index (χ0) is 17.3. The summed E-state index contributed by atoms with van der Waals surface area (Å²) in [5.41, 5.74) is 0.351. The predicted molar refractivity (Wildman–Crippen MR) is 91.5 cm³/mol. The Morgan fingerprint density at radius 3 is 2.88 bits per heavy atom. The fourth-order valence-corrected chi connectivity index (χ4v) is 4.27.